The van der Waals surface area contributed by atoms with Crippen LogP contribution in [0.25, 0.3) is 0 Å². The quantitative estimate of drug-likeness (QED) is 0.862. The van der Waals surface area contributed by atoms with Gasteiger partial charge in [0, 0.05) is 5.54 Å². The Bertz CT molecular complexity index is 646. The van der Waals surface area contributed by atoms with Crippen LogP contribution in [0.15, 0.2) is 54.6 Å². The lowest BCUT2D eigenvalue weighted by Gasteiger charge is -2.25. The second-order valence-electron chi connectivity index (χ2n) is 6.69. The molecule has 0 aromatic heterocycles. The van der Waals surface area contributed by atoms with E-state index in [9.17, 15) is 4.79 Å². The first-order valence-corrected chi connectivity index (χ1v) is 8.25. The van der Waals surface area contributed by atoms with E-state index in [0.29, 0.717) is 6.61 Å². The third-order valence-corrected chi connectivity index (χ3v) is 3.42. The van der Waals surface area contributed by atoms with Crippen molar-refractivity contribution in [3.8, 4) is 5.75 Å². The van der Waals surface area contributed by atoms with Gasteiger partial charge in [-0.15, -0.1) is 0 Å². The van der Waals surface area contributed by atoms with E-state index in [1.807, 2.05) is 82.3 Å². The monoisotopic (exact) mass is 326 g/mol. The van der Waals surface area contributed by atoms with Crippen molar-refractivity contribution in [3.63, 3.8) is 0 Å². The number of hydrogen-bond acceptors (Lipinski definition) is 2. The Morgan fingerprint density at radius 3 is 2.12 bits per heavy atom. The molecule has 4 heteroatoms. The third-order valence-electron chi connectivity index (χ3n) is 3.42. The van der Waals surface area contributed by atoms with Crippen LogP contribution < -0.4 is 15.4 Å². The molecule has 2 aromatic carbocycles. The summed E-state index contributed by atoms with van der Waals surface area (Å²) in [5, 5.41) is 6.01. The van der Waals surface area contributed by atoms with E-state index < -0.39 is 0 Å². The van der Waals surface area contributed by atoms with Crippen LogP contribution in [0.5, 0.6) is 5.75 Å². The van der Waals surface area contributed by atoms with E-state index in [0.717, 1.165) is 16.9 Å². The molecule has 128 valence electrons. The first-order valence-electron chi connectivity index (χ1n) is 8.25. The zero-order chi connectivity index (χ0) is 17.6. The van der Waals surface area contributed by atoms with Gasteiger partial charge in [0.1, 0.15) is 5.75 Å². The van der Waals surface area contributed by atoms with Gasteiger partial charge >= 0.3 is 6.03 Å². The van der Waals surface area contributed by atoms with Gasteiger partial charge in [-0.25, -0.2) is 4.79 Å². The normalized spacial score (nSPS) is 12.3. The van der Waals surface area contributed by atoms with Crippen molar-refractivity contribution >= 4 is 6.03 Å². The van der Waals surface area contributed by atoms with Crippen molar-refractivity contribution < 1.29 is 9.53 Å². The van der Waals surface area contributed by atoms with Gasteiger partial charge in [-0.3, -0.25) is 0 Å². The summed E-state index contributed by atoms with van der Waals surface area (Å²) < 4.78 is 5.49. The molecule has 0 fully saturated rings. The first kappa shape index (κ1) is 17.9. The van der Waals surface area contributed by atoms with Crippen molar-refractivity contribution in [3.05, 3.63) is 65.7 Å². The smallest absolute Gasteiger partial charge is 0.315 e. The Balaban J connectivity index is 2.25. The van der Waals surface area contributed by atoms with Crippen LogP contribution in [0, 0.1) is 0 Å². The summed E-state index contributed by atoms with van der Waals surface area (Å²) in [5.41, 5.74) is 1.75. The average Bonchev–Trinajstić information content (AvgIpc) is 2.53. The minimum Gasteiger partial charge on any atom is -0.494 e. The molecule has 1 unspecified atom stereocenters. The number of amides is 2. The Kier molecular flexibility index (Phi) is 5.85. The lowest BCUT2D eigenvalue weighted by atomic mass is 9.98. The number of benzene rings is 2. The van der Waals surface area contributed by atoms with Crippen molar-refractivity contribution in [2.24, 2.45) is 0 Å². The Morgan fingerprint density at radius 1 is 1.00 bits per heavy atom. The number of hydrogen-bond donors (Lipinski definition) is 2. The van der Waals surface area contributed by atoms with E-state index in [1.165, 1.54) is 0 Å². The standard InChI is InChI=1S/C20H26N2O2/c1-5-24-17-13-11-16(12-14-17)18(15-9-7-6-8-10-15)21-19(23)22-20(2,3)4/h6-14,18H,5H2,1-4H3,(H2,21,22,23). The SMILES string of the molecule is CCOc1ccc(C(NC(=O)NC(C)(C)C)c2ccccc2)cc1. The highest BCUT2D eigenvalue weighted by atomic mass is 16.5. The summed E-state index contributed by atoms with van der Waals surface area (Å²) in [4.78, 5) is 12.3. The van der Waals surface area contributed by atoms with Crippen LogP contribution in [-0.2, 0) is 0 Å². The largest absolute Gasteiger partial charge is 0.494 e. The lowest BCUT2D eigenvalue weighted by molar-refractivity contribution is 0.230. The summed E-state index contributed by atoms with van der Waals surface area (Å²) in [6, 6.07) is 17.4. The summed E-state index contributed by atoms with van der Waals surface area (Å²) >= 11 is 0. The van der Waals surface area contributed by atoms with Gasteiger partial charge in [-0.05, 0) is 51.0 Å². The minimum atomic E-state index is -0.288. The molecular weight excluding hydrogens is 300 g/mol. The van der Waals surface area contributed by atoms with E-state index >= 15 is 0 Å². The molecule has 0 radical (unpaired) electrons. The molecule has 0 bridgehead atoms. The van der Waals surface area contributed by atoms with Crippen molar-refractivity contribution in [2.45, 2.75) is 39.3 Å². The fraction of sp³-hybridized carbons (Fsp3) is 0.350. The van der Waals surface area contributed by atoms with Crippen molar-refractivity contribution in [1.82, 2.24) is 10.6 Å². The van der Waals surface area contributed by atoms with Gasteiger partial charge in [-0.2, -0.15) is 0 Å². The van der Waals surface area contributed by atoms with Gasteiger partial charge in [0.05, 0.1) is 12.6 Å². The molecule has 0 saturated heterocycles. The van der Waals surface area contributed by atoms with Crippen LogP contribution in [-0.4, -0.2) is 18.2 Å². The summed E-state index contributed by atoms with van der Waals surface area (Å²) in [5.74, 6) is 0.826. The first-order chi connectivity index (χ1) is 11.4. The molecule has 0 aliphatic rings. The average molecular weight is 326 g/mol. The number of ether oxygens (including phenoxy) is 1. The molecule has 24 heavy (non-hydrogen) atoms. The van der Waals surface area contributed by atoms with E-state index in [2.05, 4.69) is 10.6 Å². The van der Waals surface area contributed by atoms with E-state index in [4.69, 9.17) is 4.74 Å². The van der Waals surface area contributed by atoms with Gasteiger partial charge in [-0.1, -0.05) is 42.5 Å². The fourth-order valence-electron chi connectivity index (χ4n) is 2.44. The molecule has 2 aromatic rings. The maximum absolute atomic E-state index is 12.3. The zero-order valence-electron chi connectivity index (χ0n) is 14.8. The summed E-state index contributed by atoms with van der Waals surface area (Å²) in [6.45, 7) is 8.47. The molecule has 0 heterocycles. The second kappa shape index (κ2) is 7.86. The van der Waals surface area contributed by atoms with Crippen molar-refractivity contribution in [2.75, 3.05) is 6.61 Å². The molecule has 1 atom stereocenters. The molecule has 0 spiro atoms. The second-order valence-corrected chi connectivity index (χ2v) is 6.69. The maximum Gasteiger partial charge on any atom is 0.315 e. The Hall–Kier alpha value is -2.49. The molecule has 0 saturated carbocycles. The van der Waals surface area contributed by atoms with Crippen LogP contribution in [0.4, 0.5) is 4.79 Å². The molecule has 2 rings (SSSR count). The topological polar surface area (TPSA) is 50.4 Å². The summed E-state index contributed by atoms with van der Waals surface area (Å²) in [7, 11) is 0. The van der Waals surface area contributed by atoms with Gasteiger partial charge < -0.3 is 15.4 Å². The molecule has 0 aliphatic carbocycles. The molecule has 0 aliphatic heterocycles. The number of carbonyl (C=O) groups is 1. The van der Waals surface area contributed by atoms with E-state index in [1.54, 1.807) is 0 Å². The van der Waals surface area contributed by atoms with Crippen LogP contribution in [0.3, 0.4) is 0 Å². The Labute approximate surface area is 144 Å². The Morgan fingerprint density at radius 2 is 1.58 bits per heavy atom. The van der Waals surface area contributed by atoms with Gasteiger partial charge in [0.15, 0.2) is 0 Å². The third kappa shape index (κ3) is 5.30. The minimum absolute atomic E-state index is 0.190. The van der Waals surface area contributed by atoms with Crippen LogP contribution in [0.1, 0.15) is 44.9 Å². The fourth-order valence-corrected chi connectivity index (χ4v) is 2.44. The van der Waals surface area contributed by atoms with Gasteiger partial charge in [0.25, 0.3) is 0 Å². The van der Waals surface area contributed by atoms with Crippen LogP contribution in [0.2, 0.25) is 0 Å². The predicted octanol–water partition coefficient (Wildman–Crippen LogP) is 4.27. The van der Waals surface area contributed by atoms with Crippen molar-refractivity contribution in [1.29, 1.82) is 0 Å². The predicted molar refractivity (Wildman–Crippen MR) is 97.3 cm³/mol. The zero-order valence-corrected chi connectivity index (χ0v) is 14.8. The lowest BCUT2D eigenvalue weighted by Crippen LogP contribution is -2.47. The highest BCUT2D eigenvalue weighted by molar-refractivity contribution is 5.75. The molecule has 2 N–H and O–H groups in total. The van der Waals surface area contributed by atoms with E-state index in [-0.39, 0.29) is 17.6 Å². The number of nitrogens with one attached hydrogen (secondary N) is 2. The number of urea groups is 1. The molecule has 2 amide bonds. The highest BCUT2D eigenvalue weighted by Crippen LogP contribution is 2.24. The van der Waals surface area contributed by atoms with Crippen LogP contribution >= 0.6 is 0 Å². The van der Waals surface area contributed by atoms with Gasteiger partial charge in [0.2, 0.25) is 0 Å². The molecule has 4 nitrogen and oxygen atoms in total. The summed E-state index contributed by atoms with van der Waals surface area (Å²) in [6.07, 6.45) is 0. The highest BCUT2D eigenvalue weighted by Gasteiger charge is 2.20. The molecular formula is C20H26N2O2. The number of carbonyl (C=O) groups excluding carboxylic acids is 1. The maximum atomic E-state index is 12.3. The number of rotatable bonds is 5.